The molecule has 2 aliphatic heterocycles. The van der Waals surface area contributed by atoms with Gasteiger partial charge in [0.2, 0.25) is 5.91 Å². The molecule has 7 nitrogen and oxygen atoms in total. The predicted molar refractivity (Wildman–Crippen MR) is 92.5 cm³/mol. The topological polar surface area (TPSA) is 90.5 Å². The van der Waals surface area contributed by atoms with Crippen molar-refractivity contribution in [3.05, 3.63) is 35.9 Å². The number of carbonyl (C=O) groups excluding carboxylic acids is 3. The molecule has 1 aromatic carbocycles. The lowest BCUT2D eigenvalue weighted by Gasteiger charge is -2.39. The molecule has 0 unspecified atom stereocenters. The second-order valence-corrected chi connectivity index (χ2v) is 6.95. The summed E-state index contributed by atoms with van der Waals surface area (Å²) in [5, 5.41) is 7.98. The molecule has 0 aromatic heterocycles. The molecule has 2 aliphatic rings. The van der Waals surface area contributed by atoms with Gasteiger partial charge in [0.15, 0.2) is 0 Å². The third-order valence-electron chi connectivity index (χ3n) is 5.09. The maximum Gasteiger partial charge on any atom is 0.322 e. The molecule has 0 bridgehead atoms. The van der Waals surface area contributed by atoms with E-state index in [-0.39, 0.29) is 17.7 Å². The van der Waals surface area contributed by atoms with Gasteiger partial charge < -0.3 is 10.6 Å². The third kappa shape index (κ3) is 3.99. The molecule has 7 heteroatoms. The summed E-state index contributed by atoms with van der Waals surface area (Å²) in [7, 11) is 0. The van der Waals surface area contributed by atoms with Crippen LogP contribution in [-0.4, -0.2) is 47.9 Å². The maximum absolute atomic E-state index is 12.2. The molecule has 2 saturated heterocycles. The van der Waals surface area contributed by atoms with Crippen LogP contribution >= 0.6 is 0 Å². The van der Waals surface area contributed by atoms with Crippen molar-refractivity contribution < 1.29 is 14.4 Å². The fourth-order valence-electron chi connectivity index (χ4n) is 3.57. The van der Waals surface area contributed by atoms with E-state index in [2.05, 4.69) is 20.9 Å². The Morgan fingerprint density at radius 3 is 2.76 bits per heavy atom. The summed E-state index contributed by atoms with van der Waals surface area (Å²) >= 11 is 0. The zero-order chi connectivity index (χ0) is 17.9. The lowest BCUT2D eigenvalue weighted by Crippen LogP contribution is -2.56. The summed E-state index contributed by atoms with van der Waals surface area (Å²) in [5.41, 5.74) is 0.168. The number of hydrogen-bond donors (Lipinski definition) is 3. The lowest BCUT2D eigenvalue weighted by atomic mass is 9.80. The number of nitrogens with one attached hydrogen (secondary N) is 3. The van der Waals surface area contributed by atoms with Gasteiger partial charge in [-0.2, -0.15) is 0 Å². The van der Waals surface area contributed by atoms with Crippen LogP contribution in [0.4, 0.5) is 4.79 Å². The van der Waals surface area contributed by atoms with Crippen molar-refractivity contribution in [2.45, 2.75) is 31.8 Å². The van der Waals surface area contributed by atoms with Gasteiger partial charge in [-0.05, 0) is 31.9 Å². The SMILES string of the molecule is C[C@@]1([C@@H]2CCCN(CC(=O)NCc3ccccc3)C2)NC(=O)NC1=O. The maximum atomic E-state index is 12.2. The molecule has 3 rings (SSSR count). The van der Waals surface area contributed by atoms with E-state index in [0.29, 0.717) is 19.6 Å². The Balaban J connectivity index is 1.52. The smallest absolute Gasteiger partial charge is 0.322 e. The van der Waals surface area contributed by atoms with Gasteiger partial charge >= 0.3 is 6.03 Å². The number of nitrogens with zero attached hydrogens (tertiary/aromatic N) is 1. The Bertz CT molecular complexity index is 664. The monoisotopic (exact) mass is 344 g/mol. The molecule has 3 N–H and O–H groups in total. The Morgan fingerprint density at radius 1 is 1.32 bits per heavy atom. The summed E-state index contributed by atoms with van der Waals surface area (Å²) in [4.78, 5) is 37.8. The fourth-order valence-corrected chi connectivity index (χ4v) is 3.57. The summed E-state index contributed by atoms with van der Waals surface area (Å²) in [6.45, 7) is 4.00. The average molecular weight is 344 g/mol. The first-order chi connectivity index (χ1) is 12.0. The highest BCUT2D eigenvalue weighted by molar-refractivity contribution is 6.07. The number of imide groups is 1. The standard InChI is InChI=1S/C18H24N4O3/c1-18(16(24)20-17(25)21-18)14-8-5-9-22(11-14)12-15(23)19-10-13-6-3-2-4-7-13/h2-4,6-7,14H,5,8-12H2,1H3,(H,19,23)(H2,20,21,24,25)/t14-,18+/m1/s1. The Hall–Kier alpha value is -2.41. The van der Waals surface area contributed by atoms with E-state index in [4.69, 9.17) is 0 Å². The molecular formula is C18H24N4O3. The highest BCUT2D eigenvalue weighted by Crippen LogP contribution is 2.29. The molecule has 0 spiro atoms. The van der Waals surface area contributed by atoms with Crippen molar-refractivity contribution in [2.24, 2.45) is 5.92 Å². The minimum Gasteiger partial charge on any atom is -0.351 e. The van der Waals surface area contributed by atoms with Crippen LogP contribution in [-0.2, 0) is 16.1 Å². The molecule has 25 heavy (non-hydrogen) atoms. The molecule has 0 saturated carbocycles. The summed E-state index contributed by atoms with van der Waals surface area (Å²) in [6.07, 6.45) is 1.75. The van der Waals surface area contributed by atoms with Crippen molar-refractivity contribution in [1.82, 2.24) is 20.9 Å². The van der Waals surface area contributed by atoms with E-state index < -0.39 is 11.6 Å². The minimum absolute atomic E-state index is 0.00498. The van der Waals surface area contributed by atoms with Gasteiger partial charge in [-0.15, -0.1) is 0 Å². The van der Waals surface area contributed by atoms with Crippen LogP contribution in [0.5, 0.6) is 0 Å². The minimum atomic E-state index is -0.893. The normalized spacial score (nSPS) is 26.8. The Morgan fingerprint density at radius 2 is 2.08 bits per heavy atom. The van der Waals surface area contributed by atoms with Crippen molar-refractivity contribution >= 4 is 17.8 Å². The molecule has 4 amide bonds. The molecule has 0 radical (unpaired) electrons. The molecular weight excluding hydrogens is 320 g/mol. The second-order valence-electron chi connectivity index (χ2n) is 6.95. The van der Waals surface area contributed by atoms with Crippen LogP contribution in [0.1, 0.15) is 25.3 Å². The van der Waals surface area contributed by atoms with Crippen molar-refractivity contribution in [1.29, 1.82) is 0 Å². The average Bonchev–Trinajstić information content (AvgIpc) is 2.87. The zero-order valence-electron chi connectivity index (χ0n) is 14.4. The highest BCUT2D eigenvalue weighted by atomic mass is 16.2. The van der Waals surface area contributed by atoms with E-state index in [1.165, 1.54) is 0 Å². The number of amides is 4. The number of carbonyl (C=O) groups is 3. The third-order valence-corrected chi connectivity index (χ3v) is 5.09. The van der Waals surface area contributed by atoms with Crippen molar-refractivity contribution in [3.63, 3.8) is 0 Å². The van der Waals surface area contributed by atoms with Crippen LogP contribution in [0, 0.1) is 5.92 Å². The van der Waals surface area contributed by atoms with E-state index in [9.17, 15) is 14.4 Å². The number of likely N-dealkylation sites (tertiary alicyclic amines) is 1. The number of hydrogen-bond acceptors (Lipinski definition) is 4. The Labute approximate surface area is 147 Å². The summed E-state index contributed by atoms with van der Waals surface area (Å²) < 4.78 is 0. The predicted octanol–water partition coefficient (Wildman–Crippen LogP) is 0.613. The van der Waals surface area contributed by atoms with Crippen molar-refractivity contribution in [2.75, 3.05) is 19.6 Å². The molecule has 1 aromatic rings. The molecule has 0 aliphatic carbocycles. The number of urea groups is 1. The largest absolute Gasteiger partial charge is 0.351 e. The van der Waals surface area contributed by atoms with Gasteiger partial charge in [0.1, 0.15) is 5.54 Å². The number of rotatable bonds is 5. The highest BCUT2D eigenvalue weighted by Gasteiger charge is 2.48. The van der Waals surface area contributed by atoms with E-state index >= 15 is 0 Å². The van der Waals surface area contributed by atoms with Crippen LogP contribution in [0.25, 0.3) is 0 Å². The zero-order valence-corrected chi connectivity index (χ0v) is 14.4. The number of piperidine rings is 1. The molecule has 2 atom stereocenters. The lowest BCUT2D eigenvalue weighted by molar-refractivity contribution is -0.126. The van der Waals surface area contributed by atoms with Crippen LogP contribution < -0.4 is 16.0 Å². The first-order valence-corrected chi connectivity index (χ1v) is 8.64. The van der Waals surface area contributed by atoms with E-state index in [1.54, 1.807) is 6.92 Å². The van der Waals surface area contributed by atoms with Gasteiger partial charge in [-0.3, -0.25) is 19.8 Å². The second kappa shape index (κ2) is 7.23. The quantitative estimate of drug-likeness (QED) is 0.683. The van der Waals surface area contributed by atoms with Gasteiger partial charge in [0.25, 0.3) is 5.91 Å². The summed E-state index contributed by atoms with van der Waals surface area (Å²) in [6, 6.07) is 9.33. The van der Waals surface area contributed by atoms with Gasteiger partial charge in [0.05, 0.1) is 6.54 Å². The molecule has 134 valence electrons. The van der Waals surface area contributed by atoms with Crippen LogP contribution in [0.3, 0.4) is 0 Å². The van der Waals surface area contributed by atoms with E-state index in [0.717, 1.165) is 24.9 Å². The van der Waals surface area contributed by atoms with Crippen LogP contribution in [0.15, 0.2) is 30.3 Å². The molecule has 2 fully saturated rings. The van der Waals surface area contributed by atoms with Gasteiger partial charge in [-0.1, -0.05) is 30.3 Å². The fraction of sp³-hybridized carbons (Fsp3) is 0.500. The first kappa shape index (κ1) is 17.4. The molecule has 2 heterocycles. The number of benzene rings is 1. The van der Waals surface area contributed by atoms with Crippen molar-refractivity contribution in [3.8, 4) is 0 Å². The van der Waals surface area contributed by atoms with Crippen LogP contribution in [0.2, 0.25) is 0 Å². The van der Waals surface area contributed by atoms with E-state index in [1.807, 2.05) is 30.3 Å². The van der Waals surface area contributed by atoms with Gasteiger partial charge in [-0.25, -0.2) is 4.79 Å². The Kier molecular flexibility index (Phi) is 5.03. The summed E-state index contributed by atoms with van der Waals surface area (Å²) in [5.74, 6) is -0.318. The first-order valence-electron chi connectivity index (χ1n) is 8.64. The van der Waals surface area contributed by atoms with Gasteiger partial charge in [0, 0.05) is 19.0 Å².